The van der Waals surface area contributed by atoms with Crippen LogP contribution in [-0.4, -0.2) is 20.4 Å². The Balaban J connectivity index is 0.00000120. The first-order valence-corrected chi connectivity index (χ1v) is 6.78. The monoisotopic (exact) mass is 303 g/mol. The molecule has 2 aromatic rings. The van der Waals surface area contributed by atoms with Gasteiger partial charge in [-0.25, -0.2) is 4.98 Å². The van der Waals surface area contributed by atoms with E-state index in [9.17, 15) is 4.79 Å². The fourth-order valence-electron chi connectivity index (χ4n) is 2.15. The van der Waals surface area contributed by atoms with Crippen molar-refractivity contribution in [1.82, 2.24) is 14.5 Å². The van der Waals surface area contributed by atoms with Gasteiger partial charge in [0.25, 0.3) is 5.91 Å². The number of nitrogens with zero attached hydrogens (tertiary/aromatic N) is 3. The molecule has 0 amide bonds. The second-order valence-electron chi connectivity index (χ2n) is 3.97. The number of carbonyl (C=O) groups excluding carboxylic acids is 1. The molecule has 0 atom stereocenters. The molecular formula is C11H10KN3OS2. The number of thiazole rings is 1. The van der Waals surface area contributed by atoms with Gasteiger partial charge in [-0.05, 0) is 30.8 Å². The van der Waals surface area contributed by atoms with Crippen molar-refractivity contribution in [2.24, 2.45) is 0 Å². The van der Waals surface area contributed by atoms with Gasteiger partial charge in [0, 0.05) is 17.3 Å². The molecule has 18 heavy (non-hydrogen) atoms. The number of aryl methyl sites for hydroxylation is 1. The smallest absolute Gasteiger partial charge is 0.742 e. The average Bonchev–Trinajstić information content (AvgIpc) is 2.94. The molecular weight excluding hydrogens is 293 g/mol. The van der Waals surface area contributed by atoms with Gasteiger partial charge in [-0.3, -0.25) is 14.3 Å². The van der Waals surface area contributed by atoms with Gasteiger partial charge >= 0.3 is 51.4 Å². The van der Waals surface area contributed by atoms with E-state index in [0.717, 1.165) is 37.1 Å². The van der Waals surface area contributed by atoms with E-state index >= 15 is 0 Å². The van der Waals surface area contributed by atoms with Crippen molar-refractivity contribution in [3.8, 4) is 0 Å². The van der Waals surface area contributed by atoms with Crippen LogP contribution in [0.5, 0.6) is 0 Å². The molecule has 0 radical (unpaired) electrons. The molecule has 0 fully saturated rings. The summed E-state index contributed by atoms with van der Waals surface area (Å²) in [6.07, 6.45) is 5.67. The summed E-state index contributed by atoms with van der Waals surface area (Å²) in [6, 6.07) is 0. The minimum Gasteiger partial charge on any atom is -0.742 e. The first-order chi connectivity index (χ1) is 8.27. The molecule has 0 bridgehead atoms. The topological polar surface area (TPSA) is 47.8 Å². The summed E-state index contributed by atoms with van der Waals surface area (Å²) in [5.41, 5.74) is 1.98. The van der Waals surface area contributed by atoms with Gasteiger partial charge in [-0.15, -0.1) is 11.3 Å². The van der Waals surface area contributed by atoms with Crippen molar-refractivity contribution in [3.63, 3.8) is 0 Å². The summed E-state index contributed by atoms with van der Waals surface area (Å²) in [7, 11) is 0. The number of hydrogen-bond acceptors (Lipinski definition) is 5. The molecule has 7 heteroatoms. The Morgan fingerprint density at radius 3 is 2.89 bits per heavy atom. The van der Waals surface area contributed by atoms with E-state index in [1.807, 2.05) is 0 Å². The Morgan fingerprint density at radius 1 is 1.39 bits per heavy atom. The quantitative estimate of drug-likeness (QED) is 0.491. The van der Waals surface area contributed by atoms with Crippen molar-refractivity contribution >= 4 is 29.9 Å². The predicted octanol–water partition coefficient (Wildman–Crippen LogP) is -1.18. The van der Waals surface area contributed by atoms with Crippen LogP contribution < -0.4 is 51.4 Å². The second-order valence-corrected chi connectivity index (χ2v) is 5.23. The molecule has 0 N–H and O–H groups in total. The third-order valence-corrected chi connectivity index (χ3v) is 3.96. The second kappa shape index (κ2) is 6.21. The normalized spacial score (nSPS) is 13.8. The molecule has 0 saturated heterocycles. The number of hydrogen-bond donors (Lipinski definition) is 0. The standard InChI is InChI=1S/C11H11N3OS2.K/c15-10(9-12-5-6-17-9)14-8-4-2-1-3-7(8)13-11(14)16;/h5-6H,1-4H2,(H,13,16);/q;+1/p-1. The van der Waals surface area contributed by atoms with E-state index in [2.05, 4.69) is 9.97 Å². The van der Waals surface area contributed by atoms with Crippen LogP contribution in [0.15, 0.2) is 16.7 Å². The van der Waals surface area contributed by atoms with Gasteiger partial charge in [0.2, 0.25) is 0 Å². The van der Waals surface area contributed by atoms with Crippen LogP contribution in [0.1, 0.15) is 34.0 Å². The van der Waals surface area contributed by atoms with Gasteiger partial charge < -0.3 is 12.6 Å². The Morgan fingerprint density at radius 2 is 2.17 bits per heavy atom. The third kappa shape index (κ3) is 2.63. The molecule has 88 valence electrons. The molecule has 0 aliphatic heterocycles. The zero-order valence-electron chi connectivity index (χ0n) is 10.0. The summed E-state index contributed by atoms with van der Waals surface area (Å²) >= 11 is 6.51. The predicted molar refractivity (Wildman–Crippen MR) is 66.3 cm³/mol. The van der Waals surface area contributed by atoms with E-state index in [1.165, 1.54) is 11.3 Å². The first kappa shape index (κ1) is 14.8. The maximum atomic E-state index is 12.3. The maximum Gasteiger partial charge on any atom is 1.00 e. The summed E-state index contributed by atoms with van der Waals surface area (Å²) in [4.78, 5) is 20.6. The van der Waals surface area contributed by atoms with E-state index in [0.29, 0.717) is 10.2 Å². The third-order valence-electron chi connectivity index (χ3n) is 2.92. The van der Waals surface area contributed by atoms with Crippen LogP contribution in [-0.2, 0) is 25.5 Å². The Hall–Kier alpha value is 0.366. The molecule has 3 rings (SSSR count). The Labute approximate surface area is 157 Å². The zero-order valence-corrected chi connectivity index (χ0v) is 14.8. The van der Waals surface area contributed by atoms with Gasteiger partial charge in [-0.2, -0.15) is 0 Å². The van der Waals surface area contributed by atoms with Crippen molar-refractivity contribution in [3.05, 3.63) is 28.0 Å². The van der Waals surface area contributed by atoms with E-state index in [-0.39, 0.29) is 57.3 Å². The first-order valence-electron chi connectivity index (χ1n) is 5.49. The zero-order chi connectivity index (χ0) is 11.8. The van der Waals surface area contributed by atoms with Gasteiger partial charge in [0.05, 0.1) is 5.69 Å². The van der Waals surface area contributed by atoms with Crippen molar-refractivity contribution < 1.29 is 56.2 Å². The molecule has 0 saturated carbocycles. The fraction of sp³-hybridized carbons (Fsp3) is 0.364. The number of carbonyl (C=O) groups is 1. The van der Waals surface area contributed by atoms with Crippen LogP contribution in [0.2, 0.25) is 0 Å². The van der Waals surface area contributed by atoms with Gasteiger partial charge in [0.1, 0.15) is 0 Å². The van der Waals surface area contributed by atoms with Crippen LogP contribution in [0.4, 0.5) is 0 Å². The SMILES string of the molecule is O=C(c1nccs1)n1c([S-])nc2c1CCCC2.[K+]. The van der Waals surface area contributed by atoms with Crippen molar-refractivity contribution in [1.29, 1.82) is 0 Å². The van der Waals surface area contributed by atoms with Gasteiger partial charge in [-0.1, -0.05) is 0 Å². The number of fused-ring (bicyclic) bond motifs is 1. The minimum atomic E-state index is -0.138. The molecule has 1 aliphatic rings. The summed E-state index contributed by atoms with van der Waals surface area (Å²) < 4.78 is 1.56. The Bertz CT molecular complexity index is 565. The molecule has 0 unspecified atom stereocenters. The maximum absolute atomic E-state index is 12.3. The number of rotatable bonds is 1. The molecule has 1 aliphatic carbocycles. The number of imidazole rings is 1. The summed E-state index contributed by atoms with van der Waals surface area (Å²) in [5, 5.41) is 2.64. The van der Waals surface area contributed by atoms with Crippen molar-refractivity contribution in [2.45, 2.75) is 30.8 Å². The molecule has 0 spiro atoms. The molecule has 0 aromatic carbocycles. The largest absolute Gasteiger partial charge is 1.00 e. The van der Waals surface area contributed by atoms with Crippen molar-refractivity contribution in [2.75, 3.05) is 0 Å². The minimum absolute atomic E-state index is 0. The van der Waals surface area contributed by atoms with E-state index in [4.69, 9.17) is 12.6 Å². The van der Waals surface area contributed by atoms with E-state index < -0.39 is 0 Å². The molecule has 4 nitrogen and oxygen atoms in total. The van der Waals surface area contributed by atoms with Crippen LogP contribution >= 0.6 is 11.3 Å². The summed E-state index contributed by atoms with van der Waals surface area (Å²) in [5.74, 6) is -0.138. The van der Waals surface area contributed by atoms with Gasteiger partial charge in [0.15, 0.2) is 5.01 Å². The molecule has 2 aromatic heterocycles. The van der Waals surface area contributed by atoms with Crippen LogP contribution in [0.25, 0.3) is 0 Å². The van der Waals surface area contributed by atoms with Crippen LogP contribution in [0, 0.1) is 0 Å². The number of aromatic nitrogens is 3. The Kier molecular flexibility index (Phi) is 5.10. The summed E-state index contributed by atoms with van der Waals surface area (Å²) in [6.45, 7) is 0. The van der Waals surface area contributed by atoms with Crippen LogP contribution in [0.3, 0.4) is 0 Å². The van der Waals surface area contributed by atoms with E-state index in [1.54, 1.807) is 16.1 Å². The average molecular weight is 303 g/mol. The molecule has 2 heterocycles. The fourth-order valence-corrected chi connectivity index (χ4v) is 3.02.